The van der Waals surface area contributed by atoms with Gasteiger partial charge in [-0.05, 0) is 43.5 Å². The second-order valence-electron chi connectivity index (χ2n) is 7.03. The number of benzene rings is 1. The number of piperidine rings is 1. The molecule has 0 saturated carbocycles. The Kier molecular flexibility index (Phi) is 7.04. The molecule has 1 aliphatic heterocycles. The maximum absolute atomic E-state index is 12.8. The predicted octanol–water partition coefficient (Wildman–Crippen LogP) is 2.27. The minimum absolute atomic E-state index is 0.0513. The van der Waals surface area contributed by atoms with Crippen LogP contribution in [0.5, 0.6) is 5.88 Å². The van der Waals surface area contributed by atoms with Crippen LogP contribution < -0.4 is 11.2 Å². The van der Waals surface area contributed by atoms with Crippen molar-refractivity contribution in [3.63, 3.8) is 0 Å². The van der Waals surface area contributed by atoms with Crippen molar-refractivity contribution in [2.45, 2.75) is 19.3 Å². The van der Waals surface area contributed by atoms with Crippen molar-refractivity contribution in [1.82, 2.24) is 14.0 Å². The maximum Gasteiger partial charge on any atom is 0.333 e. The van der Waals surface area contributed by atoms with Crippen LogP contribution in [0.2, 0.25) is 5.02 Å². The lowest BCUT2D eigenvalue weighted by Crippen LogP contribution is -2.40. The Hall–Kier alpha value is -2.52. The number of rotatable bonds is 4. The minimum atomic E-state index is -0.679. The molecule has 2 heterocycles. The van der Waals surface area contributed by atoms with Crippen LogP contribution in [0.1, 0.15) is 24.8 Å². The molecule has 0 spiro atoms. The standard InChI is InChI=1S/C20H23ClN4O4S/c1-23-18(27)16(19(28)24(2)20(23)29)17(22-14-8-6-13(21)7-9-14)30-12-15(26)25-10-4-3-5-11-25/h6-9,27H,3-5,10-12H2,1-2H3. The van der Waals surface area contributed by atoms with Gasteiger partial charge in [-0.2, -0.15) is 0 Å². The van der Waals surface area contributed by atoms with Crippen LogP contribution >= 0.6 is 23.4 Å². The number of aromatic nitrogens is 2. The molecule has 0 aliphatic carbocycles. The van der Waals surface area contributed by atoms with E-state index in [4.69, 9.17) is 11.6 Å². The molecule has 1 aromatic carbocycles. The number of nitrogens with zero attached hydrogens (tertiary/aromatic N) is 4. The number of carbonyl (C=O) groups is 1. The fraction of sp³-hybridized carbons (Fsp3) is 0.400. The summed E-state index contributed by atoms with van der Waals surface area (Å²) in [6, 6.07) is 6.64. The molecule has 1 N–H and O–H groups in total. The summed E-state index contributed by atoms with van der Waals surface area (Å²) in [7, 11) is 2.70. The zero-order valence-corrected chi connectivity index (χ0v) is 18.4. The molecule has 1 aliphatic rings. The number of thioether (sulfide) groups is 1. The Balaban J connectivity index is 2.00. The van der Waals surface area contributed by atoms with E-state index in [0.717, 1.165) is 53.2 Å². The maximum atomic E-state index is 12.8. The highest BCUT2D eigenvalue weighted by molar-refractivity contribution is 8.15. The van der Waals surface area contributed by atoms with E-state index < -0.39 is 17.1 Å². The first-order valence-electron chi connectivity index (χ1n) is 9.53. The highest BCUT2D eigenvalue weighted by atomic mass is 35.5. The first kappa shape index (κ1) is 22.2. The third-order valence-electron chi connectivity index (χ3n) is 4.95. The zero-order chi connectivity index (χ0) is 21.8. The quantitative estimate of drug-likeness (QED) is 0.569. The van der Waals surface area contributed by atoms with Gasteiger partial charge in [0.2, 0.25) is 11.8 Å². The van der Waals surface area contributed by atoms with Crippen molar-refractivity contribution in [2.24, 2.45) is 19.1 Å². The topological polar surface area (TPSA) is 96.9 Å². The zero-order valence-electron chi connectivity index (χ0n) is 16.8. The average molecular weight is 451 g/mol. The lowest BCUT2D eigenvalue weighted by molar-refractivity contribution is -0.129. The van der Waals surface area contributed by atoms with E-state index in [-0.39, 0.29) is 22.3 Å². The van der Waals surface area contributed by atoms with Gasteiger partial charge in [0.1, 0.15) is 10.6 Å². The fourth-order valence-corrected chi connectivity index (χ4v) is 4.24. The van der Waals surface area contributed by atoms with Gasteiger partial charge in [0.05, 0.1) is 11.4 Å². The number of aliphatic imine (C=N–C) groups is 1. The van der Waals surface area contributed by atoms with Crippen molar-refractivity contribution in [1.29, 1.82) is 0 Å². The SMILES string of the molecule is Cn1c(O)c(C(=Nc2ccc(Cl)cc2)SCC(=O)N2CCCCC2)c(=O)n(C)c1=O. The smallest absolute Gasteiger partial charge is 0.333 e. The van der Waals surface area contributed by atoms with Gasteiger partial charge < -0.3 is 10.0 Å². The summed E-state index contributed by atoms with van der Waals surface area (Å²) in [6.07, 6.45) is 3.07. The molecule has 0 unspecified atom stereocenters. The molecule has 0 bridgehead atoms. The third kappa shape index (κ3) is 4.79. The van der Waals surface area contributed by atoms with Gasteiger partial charge in [-0.15, -0.1) is 0 Å². The summed E-state index contributed by atoms with van der Waals surface area (Å²) in [5, 5.41) is 11.2. The van der Waals surface area contributed by atoms with E-state index in [1.165, 1.54) is 14.1 Å². The van der Waals surface area contributed by atoms with Crippen LogP contribution in [0.3, 0.4) is 0 Å². The highest BCUT2D eigenvalue weighted by Gasteiger charge is 2.23. The Bertz CT molecular complexity index is 1090. The number of aromatic hydroxyl groups is 1. The monoisotopic (exact) mass is 450 g/mol. The summed E-state index contributed by atoms with van der Waals surface area (Å²) in [4.78, 5) is 43.8. The van der Waals surface area contributed by atoms with Crippen LogP contribution in [-0.2, 0) is 18.9 Å². The number of hydrogen-bond donors (Lipinski definition) is 1. The van der Waals surface area contributed by atoms with E-state index in [1.807, 2.05) is 0 Å². The molecule has 8 nitrogen and oxygen atoms in total. The van der Waals surface area contributed by atoms with E-state index in [1.54, 1.807) is 29.2 Å². The Morgan fingerprint density at radius 3 is 2.37 bits per heavy atom. The molecule has 0 radical (unpaired) electrons. The van der Waals surface area contributed by atoms with Crippen LogP contribution in [-0.4, -0.2) is 48.9 Å². The molecule has 1 aromatic heterocycles. The second kappa shape index (κ2) is 9.53. The van der Waals surface area contributed by atoms with Crippen molar-refractivity contribution in [3.05, 3.63) is 55.7 Å². The van der Waals surface area contributed by atoms with Gasteiger partial charge in [0.15, 0.2) is 0 Å². The molecule has 1 amide bonds. The Labute approximate surface area is 182 Å². The van der Waals surface area contributed by atoms with Gasteiger partial charge in [-0.1, -0.05) is 23.4 Å². The van der Waals surface area contributed by atoms with Crippen LogP contribution in [0.4, 0.5) is 5.69 Å². The van der Waals surface area contributed by atoms with Crippen molar-refractivity contribution >= 4 is 40.0 Å². The largest absolute Gasteiger partial charge is 0.494 e. The van der Waals surface area contributed by atoms with Gasteiger partial charge in [-0.25, -0.2) is 9.79 Å². The second-order valence-corrected chi connectivity index (χ2v) is 8.43. The van der Waals surface area contributed by atoms with Gasteiger partial charge >= 0.3 is 5.69 Å². The number of carbonyl (C=O) groups excluding carboxylic acids is 1. The predicted molar refractivity (Wildman–Crippen MR) is 119 cm³/mol. The number of halogens is 1. The minimum Gasteiger partial charge on any atom is -0.494 e. The van der Waals surface area contributed by atoms with E-state index in [2.05, 4.69) is 4.99 Å². The molecule has 0 atom stereocenters. The summed E-state index contributed by atoms with van der Waals surface area (Å²) in [5.41, 5.74) is -0.948. The molecule has 2 aromatic rings. The fourth-order valence-electron chi connectivity index (χ4n) is 3.18. The summed E-state index contributed by atoms with van der Waals surface area (Å²) in [6.45, 7) is 1.44. The lowest BCUT2D eigenvalue weighted by Gasteiger charge is -2.26. The Morgan fingerprint density at radius 1 is 1.10 bits per heavy atom. The lowest BCUT2D eigenvalue weighted by atomic mass is 10.1. The molecule has 3 rings (SSSR count). The average Bonchev–Trinajstić information content (AvgIpc) is 2.76. The van der Waals surface area contributed by atoms with Crippen LogP contribution in [0.25, 0.3) is 0 Å². The summed E-state index contributed by atoms with van der Waals surface area (Å²) >= 11 is 6.99. The van der Waals surface area contributed by atoms with E-state index in [0.29, 0.717) is 10.7 Å². The van der Waals surface area contributed by atoms with E-state index in [9.17, 15) is 19.5 Å². The molecule has 30 heavy (non-hydrogen) atoms. The van der Waals surface area contributed by atoms with Crippen LogP contribution in [0.15, 0.2) is 38.8 Å². The normalized spacial score (nSPS) is 14.8. The summed E-state index contributed by atoms with van der Waals surface area (Å²) in [5.74, 6) is -0.476. The molecule has 1 fully saturated rings. The first-order valence-corrected chi connectivity index (χ1v) is 10.9. The van der Waals surface area contributed by atoms with Gasteiger partial charge in [-0.3, -0.25) is 18.7 Å². The van der Waals surface area contributed by atoms with Crippen molar-refractivity contribution in [3.8, 4) is 5.88 Å². The third-order valence-corrected chi connectivity index (χ3v) is 6.16. The van der Waals surface area contributed by atoms with Gasteiger partial charge in [0.25, 0.3) is 5.56 Å². The molecule has 10 heteroatoms. The number of likely N-dealkylation sites (tertiary alicyclic amines) is 1. The number of hydrogen-bond acceptors (Lipinski definition) is 6. The van der Waals surface area contributed by atoms with Crippen molar-refractivity contribution < 1.29 is 9.90 Å². The molecule has 1 saturated heterocycles. The van der Waals surface area contributed by atoms with Crippen LogP contribution in [0, 0.1) is 0 Å². The highest BCUT2D eigenvalue weighted by Crippen LogP contribution is 2.24. The van der Waals surface area contributed by atoms with Gasteiger partial charge in [0, 0.05) is 32.2 Å². The number of amides is 1. The molecular formula is C20H23ClN4O4S. The first-order chi connectivity index (χ1) is 14.3. The summed E-state index contributed by atoms with van der Waals surface area (Å²) < 4.78 is 1.88. The molecule has 160 valence electrons. The Morgan fingerprint density at radius 2 is 1.73 bits per heavy atom. The molecular weight excluding hydrogens is 428 g/mol. The van der Waals surface area contributed by atoms with Crippen molar-refractivity contribution in [2.75, 3.05) is 18.8 Å². The van der Waals surface area contributed by atoms with E-state index >= 15 is 0 Å².